The van der Waals surface area contributed by atoms with Gasteiger partial charge in [0.05, 0.1) is 10.6 Å². The van der Waals surface area contributed by atoms with Gasteiger partial charge in [0, 0.05) is 19.8 Å². The Kier molecular flexibility index (Phi) is 5.96. The third kappa shape index (κ3) is 4.02. The number of anilines is 1. The number of amides is 4. The molecule has 1 aromatic carbocycles. The first-order chi connectivity index (χ1) is 14.9. The molecule has 1 saturated heterocycles. The van der Waals surface area contributed by atoms with Gasteiger partial charge in [-0.3, -0.25) is 14.6 Å². The van der Waals surface area contributed by atoms with Crippen molar-refractivity contribution in [2.75, 3.05) is 11.9 Å². The molecule has 4 amide bonds. The highest BCUT2D eigenvalue weighted by Gasteiger charge is 2.47. The van der Waals surface area contributed by atoms with Crippen LogP contribution in [0.25, 0.3) is 0 Å². The molecule has 1 aliphatic heterocycles. The standard InChI is InChI=1S/C19H17F3N4O5S/c1-11-17(28)26(13-3-5-14(6-4-13)32(30,31)19(20,21)22)18(29)25(11)10-12-7-8-24-15(9-12)16(27)23-2/h3-9,11H,10H2,1-2H3,(H,23,27). The normalized spacial score (nSPS) is 17.1. The maximum absolute atomic E-state index is 12.9. The predicted molar refractivity (Wildman–Crippen MR) is 105 cm³/mol. The van der Waals surface area contributed by atoms with Crippen molar-refractivity contribution < 1.29 is 36.0 Å². The van der Waals surface area contributed by atoms with Crippen LogP contribution in [0.5, 0.6) is 0 Å². The van der Waals surface area contributed by atoms with Gasteiger partial charge in [-0.15, -0.1) is 0 Å². The summed E-state index contributed by atoms with van der Waals surface area (Å²) in [5.74, 6) is -1.07. The average Bonchev–Trinajstić information content (AvgIpc) is 2.96. The average molecular weight is 470 g/mol. The van der Waals surface area contributed by atoms with Crippen molar-refractivity contribution in [1.29, 1.82) is 0 Å². The van der Waals surface area contributed by atoms with Crippen LogP contribution >= 0.6 is 0 Å². The molecule has 2 heterocycles. The van der Waals surface area contributed by atoms with Gasteiger partial charge in [-0.25, -0.2) is 18.1 Å². The Morgan fingerprint density at radius 1 is 1.16 bits per heavy atom. The number of carbonyl (C=O) groups is 3. The predicted octanol–water partition coefficient (Wildman–Crippen LogP) is 2.09. The summed E-state index contributed by atoms with van der Waals surface area (Å²) < 4.78 is 61.1. The lowest BCUT2D eigenvalue weighted by atomic mass is 10.2. The lowest BCUT2D eigenvalue weighted by Crippen LogP contribution is -2.33. The van der Waals surface area contributed by atoms with E-state index in [-0.39, 0.29) is 17.9 Å². The Balaban J connectivity index is 1.86. The van der Waals surface area contributed by atoms with Crippen LogP contribution in [-0.2, 0) is 21.2 Å². The lowest BCUT2D eigenvalue weighted by Gasteiger charge is -2.19. The fourth-order valence-electron chi connectivity index (χ4n) is 3.08. The molecule has 0 bridgehead atoms. The zero-order chi connectivity index (χ0) is 23.8. The highest BCUT2D eigenvalue weighted by Crippen LogP contribution is 2.32. The Labute approximate surface area is 180 Å². The smallest absolute Gasteiger partial charge is 0.354 e. The molecular formula is C19H17F3N4O5S. The summed E-state index contributed by atoms with van der Waals surface area (Å²) in [4.78, 5) is 42.2. The number of nitrogens with zero attached hydrogens (tertiary/aromatic N) is 3. The van der Waals surface area contributed by atoms with Crippen LogP contribution < -0.4 is 10.2 Å². The summed E-state index contributed by atoms with van der Waals surface area (Å²) in [6.07, 6.45) is 1.38. The number of pyridine rings is 1. The molecule has 0 radical (unpaired) electrons. The summed E-state index contributed by atoms with van der Waals surface area (Å²) in [6, 6.07) is 4.67. The van der Waals surface area contributed by atoms with Gasteiger partial charge in [-0.05, 0) is 48.9 Å². The van der Waals surface area contributed by atoms with Crippen LogP contribution in [0, 0.1) is 0 Å². The molecule has 0 spiro atoms. The SMILES string of the molecule is CNC(=O)c1cc(CN2C(=O)N(c3ccc(S(=O)(=O)C(F)(F)F)cc3)C(=O)C2C)ccn1. The van der Waals surface area contributed by atoms with E-state index in [9.17, 15) is 36.0 Å². The molecule has 1 N–H and O–H groups in total. The number of rotatable bonds is 5. The molecule has 2 aromatic rings. The Bertz CT molecular complexity index is 1180. The molecule has 3 rings (SSSR count). The van der Waals surface area contributed by atoms with E-state index in [0.29, 0.717) is 17.7 Å². The number of aromatic nitrogens is 1. The van der Waals surface area contributed by atoms with E-state index in [2.05, 4.69) is 10.3 Å². The number of hydrogen-bond acceptors (Lipinski definition) is 6. The topological polar surface area (TPSA) is 117 Å². The minimum absolute atomic E-state index is 0.0324. The van der Waals surface area contributed by atoms with Crippen molar-refractivity contribution in [3.8, 4) is 0 Å². The minimum atomic E-state index is -5.56. The van der Waals surface area contributed by atoms with Crippen LogP contribution in [0.15, 0.2) is 47.5 Å². The first-order valence-corrected chi connectivity index (χ1v) is 10.6. The van der Waals surface area contributed by atoms with Gasteiger partial charge in [-0.2, -0.15) is 13.2 Å². The van der Waals surface area contributed by atoms with Gasteiger partial charge in [-0.1, -0.05) is 0 Å². The Morgan fingerprint density at radius 3 is 2.34 bits per heavy atom. The third-order valence-corrected chi connectivity index (χ3v) is 6.33. The van der Waals surface area contributed by atoms with Crippen molar-refractivity contribution in [3.05, 3.63) is 53.9 Å². The van der Waals surface area contributed by atoms with Crippen LogP contribution in [0.1, 0.15) is 23.0 Å². The van der Waals surface area contributed by atoms with E-state index in [4.69, 9.17) is 0 Å². The molecule has 0 saturated carbocycles. The first-order valence-electron chi connectivity index (χ1n) is 9.11. The number of sulfone groups is 1. The van der Waals surface area contributed by atoms with Gasteiger partial charge in [0.15, 0.2) is 0 Å². The molecule has 1 atom stereocenters. The molecule has 32 heavy (non-hydrogen) atoms. The number of nitrogens with one attached hydrogen (secondary N) is 1. The van der Waals surface area contributed by atoms with E-state index in [1.54, 1.807) is 6.07 Å². The van der Waals surface area contributed by atoms with E-state index in [1.165, 1.54) is 31.1 Å². The molecule has 1 aliphatic rings. The zero-order valence-electron chi connectivity index (χ0n) is 16.8. The monoisotopic (exact) mass is 470 g/mol. The van der Waals surface area contributed by atoms with Crippen LogP contribution in [0.2, 0.25) is 0 Å². The maximum atomic E-state index is 12.9. The summed E-state index contributed by atoms with van der Waals surface area (Å²) in [5.41, 5.74) is -4.90. The van der Waals surface area contributed by atoms with Crippen molar-refractivity contribution in [1.82, 2.24) is 15.2 Å². The first kappa shape index (κ1) is 23.2. The van der Waals surface area contributed by atoms with Crippen molar-refractivity contribution in [2.45, 2.75) is 29.9 Å². The minimum Gasteiger partial charge on any atom is -0.354 e. The van der Waals surface area contributed by atoms with E-state index >= 15 is 0 Å². The number of carbonyl (C=O) groups excluding carboxylic acids is 3. The quantitative estimate of drug-likeness (QED) is 0.669. The molecule has 1 unspecified atom stereocenters. The number of imide groups is 1. The number of halogens is 3. The number of benzene rings is 1. The maximum Gasteiger partial charge on any atom is 0.501 e. The molecule has 13 heteroatoms. The second-order valence-electron chi connectivity index (χ2n) is 6.83. The third-order valence-electron chi connectivity index (χ3n) is 4.83. The molecule has 170 valence electrons. The molecule has 0 aliphatic carbocycles. The Morgan fingerprint density at radius 2 is 1.78 bits per heavy atom. The number of hydrogen-bond donors (Lipinski definition) is 1. The lowest BCUT2D eigenvalue weighted by molar-refractivity contribution is -0.119. The summed E-state index contributed by atoms with van der Waals surface area (Å²) in [5, 5.41) is 2.42. The second kappa shape index (κ2) is 8.22. The highest BCUT2D eigenvalue weighted by atomic mass is 32.2. The van der Waals surface area contributed by atoms with Gasteiger partial charge < -0.3 is 10.2 Å². The van der Waals surface area contributed by atoms with Crippen LogP contribution in [0.3, 0.4) is 0 Å². The van der Waals surface area contributed by atoms with Crippen LogP contribution in [0.4, 0.5) is 23.7 Å². The van der Waals surface area contributed by atoms with Gasteiger partial charge in [0.2, 0.25) is 0 Å². The van der Waals surface area contributed by atoms with Crippen LogP contribution in [-0.4, -0.2) is 54.7 Å². The van der Waals surface area contributed by atoms with Gasteiger partial charge in [0.1, 0.15) is 11.7 Å². The van der Waals surface area contributed by atoms with Crippen molar-refractivity contribution in [3.63, 3.8) is 0 Å². The summed E-state index contributed by atoms with van der Waals surface area (Å²) in [7, 11) is -4.12. The largest absolute Gasteiger partial charge is 0.501 e. The highest BCUT2D eigenvalue weighted by molar-refractivity contribution is 7.92. The zero-order valence-corrected chi connectivity index (χ0v) is 17.6. The molecular weight excluding hydrogens is 453 g/mol. The number of urea groups is 1. The fourth-order valence-corrected chi connectivity index (χ4v) is 3.84. The van der Waals surface area contributed by atoms with Gasteiger partial charge >= 0.3 is 11.5 Å². The number of alkyl halides is 3. The van der Waals surface area contributed by atoms with E-state index < -0.39 is 44.1 Å². The van der Waals surface area contributed by atoms with E-state index in [1.807, 2.05) is 0 Å². The van der Waals surface area contributed by atoms with Crippen molar-refractivity contribution in [2.24, 2.45) is 0 Å². The molecule has 1 aromatic heterocycles. The Hall–Kier alpha value is -3.48. The fraction of sp³-hybridized carbons (Fsp3) is 0.263. The summed E-state index contributed by atoms with van der Waals surface area (Å²) in [6.45, 7) is 1.44. The van der Waals surface area contributed by atoms with E-state index in [0.717, 1.165) is 17.0 Å². The summed E-state index contributed by atoms with van der Waals surface area (Å²) >= 11 is 0. The van der Waals surface area contributed by atoms with Crippen molar-refractivity contribution >= 4 is 33.4 Å². The van der Waals surface area contributed by atoms with Gasteiger partial charge in [0.25, 0.3) is 21.7 Å². The molecule has 1 fully saturated rings. The molecule has 9 nitrogen and oxygen atoms in total. The second-order valence-corrected chi connectivity index (χ2v) is 8.77.